The third kappa shape index (κ3) is 3.12. The summed E-state index contributed by atoms with van der Waals surface area (Å²) in [6.07, 6.45) is 0.473. The molecule has 0 aliphatic rings. The van der Waals surface area contributed by atoms with E-state index in [0.29, 0.717) is 6.42 Å². The van der Waals surface area contributed by atoms with Gasteiger partial charge in [-0.3, -0.25) is 4.79 Å². The van der Waals surface area contributed by atoms with E-state index >= 15 is 0 Å². The van der Waals surface area contributed by atoms with E-state index in [1.54, 1.807) is 11.3 Å². The summed E-state index contributed by atoms with van der Waals surface area (Å²) in [5.41, 5.74) is 0. The number of carbonyl (C=O) groups is 1. The van der Waals surface area contributed by atoms with E-state index in [0.717, 1.165) is 14.2 Å². The Labute approximate surface area is 99.6 Å². The molecule has 0 radical (unpaired) electrons. The number of nitrogens with zero attached hydrogens (tertiary/aromatic N) is 2. The van der Waals surface area contributed by atoms with E-state index in [4.69, 9.17) is 0 Å². The van der Waals surface area contributed by atoms with Crippen molar-refractivity contribution < 1.29 is 4.79 Å². The van der Waals surface area contributed by atoms with Gasteiger partial charge in [-0.2, -0.15) is 0 Å². The van der Waals surface area contributed by atoms with Gasteiger partial charge in [0.2, 0.25) is 5.12 Å². The summed E-state index contributed by atoms with van der Waals surface area (Å²) in [5, 5.41) is 10.7. The first-order valence-corrected chi connectivity index (χ1v) is 6.78. The number of thioether (sulfide) groups is 1. The van der Waals surface area contributed by atoms with E-state index in [-0.39, 0.29) is 5.12 Å². The van der Waals surface area contributed by atoms with Crippen LogP contribution in [0, 0.1) is 6.92 Å². The van der Waals surface area contributed by atoms with Crippen molar-refractivity contribution >= 4 is 39.6 Å². The van der Waals surface area contributed by atoms with Gasteiger partial charge in [-0.15, -0.1) is 21.5 Å². The van der Waals surface area contributed by atoms with Crippen molar-refractivity contribution in [1.82, 2.24) is 10.2 Å². The highest BCUT2D eigenvalue weighted by molar-refractivity contribution is 8.14. The molecular weight excluding hydrogens is 248 g/mol. The lowest BCUT2D eigenvalue weighted by molar-refractivity contribution is -0.110. The first kappa shape index (κ1) is 10.8. The van der Waals surface area contributed by atoms with Crippen LogP contribution in [-0.2, 0) is 11.2 Å². The molecule has 2 rings (SSSR count). The molecule has 0 N–H and O–H groups in total. The minimum absolute atomic E-state index is 0.119. The highest BCUT2D eigenvalue weighted by Crippen LogP contribution is 2.24. The predicted octanol–water partition coefficient (Wildman–Crippen LogP) is 2.77. The normalized spacial score (nSPS) is 10.5. The standard InChI is InChI=1S/C9H8N2OS3/c1-6-10-11-9(14-6)15-8(12)5-7-3-2-4-13-7/h2-4H,5H2,1H3. The van der Waals surface area contributed by atoms with E-state index in [1.807, 2.05) is 24.4 Å². The molecule has 0 spiro atoms. The Morgan fingerprint density at radius 1 is 1.53 bits per heavy atom. The number of thiophene rings is 1. The molecule has 78 valence electrons. The highest BCUT2D eigenvalue weighted by atomic mass is 32.2. The Kier molecular flexibility index (Phi) is 3.50. The van der Waals surface area contributed by atoms with Gasteiger partial charge in [0.25, 0.3) is 0 Å². The maximum absolute atomic E-state index is 11.6. The van der Waals surface area contributed by atoms with Crippen LogP contribution in [0.1, 0.15) is 9.88 Å². The van der Waals surface area contributed by atoms with E-state index in [9.17, 15) is 4.79 Å². The molecule has 15 heavy (non-hydrogen) atoms. The molecule has 2 heterocycles. The van der Waals surface area contributed by atoms with Gasteiger partial charge in [0, 0.05) is 4.88 Å². The lowest BCUT2D eigenvalue weighted by atomic mass is 10.4. The summed E-state index contributed by atoms with van der Waals surface area (Å²) < 4.78 is 0.731. The Morgan fingerprint density at radius 2 is 2.40 bits per heavy atom. The molecule has 0 aromatic carbocycles. The second-order valence-electron chi connectivity index (χ2n) is 2.82. The minimum Gasteiger partial charge on any atom is -0.286 e. The van der Waals surface area contributed by atoms with Gasteiger partial charge >= 0.3 is 0 Å². The molecule has 0 atom stereocenters. The lowest BCUT2D eigenvalue weighted by Crippen LogP contribution is -1.94. The van der Waals surface area contributed by atoms with Crippen LogP contribution in [0.5, 0.6) is 0 Å². The molecule has 2 aromatic rings. The molecule has 0 bridgehead atoms. The van der Waals surface area contributed by atoms with Crippen molar-refractivity contribution in [2.24, 2.45) is 0 Å². The average molecular weight is 256 g/mol. The second kappa shape index (κ2) is 4.87. The van der Waals surface area contributed by atoms with E-state index in [2.05, 4.69) is 10.2 Å². The van der Waals surface area contributed by atoms with Gasteiger partial charge in [0.1, 0.15) is 5.01 Å². The van der Waals surface area contributed by atoms with Gasteiger partial charge < -0.3 is 0 Å². The van der Waals surface area contributed by atoms with Crippen molar-refractivity contribution in [3.63, 3.8) is 0 Å². The lowest BCUT2D eigenvalue weighted by Gasteiger charge is -1.93. The zero-order chi connectivity index (χ0) is 10.7. The summed E-state index contributed by atoms with van der Waals surface area (Å²) in [5.74, 6) is 0. The summed E-state index contributed by atoms with van der Waals surface area (Å²) in [6, 6.07) is 3.92. The maximum atomic E-state index is 11.6. The third-order valence-electron chi connectivity index (χ3n) is 1.61. The van der Waals surface area contributed by atoms with Crippen molar-refractivity contribution in [1.29, 1.82) is 0 Å². The van der Waals surface area contributed by atoms with Crippen LogP contribution in [0.25, 0.3) is 0 Å². The van der Waals surface area contributed by atoms with Crippen LogP contribution in [0.2, 0.25) is 0 Å². The Balaban J connectivity index is 1.93. The first-order valence-electron chi connectivity index (χ1n) is 4.27. The average Bonchev–Trinajstić information content (AvgIpc) is 2.77. The van der Waals surface area contributed by atoms with E-state index in [1.165, 1.54) is 23.1 Å². The van der Waals surface area contributed by atoms with Crippen LogP contribution < -0.4 is 0 Å². The van der Waals surface area contributed by atoms with Crippen molar-refractivity contribution in [2.45, 2.75) is 17.7 Å². The van der Waals surface area contributed by atoms with Crippen LogP contribution >= 0.6 is 34.4 Å². The monoisotopic (exact) mass is 256 g/mol. The number of hydrogen-bond donors (Lipinski definition) is 0. The van der Waals surface area contributed by atoms with Crippen molar-refractivity contribution in [3.8, 4) is 0 Å². The fraction of sp³-hybridized carbons (Fsp3) is 0.222. The molecule has 0 amide bonds. The highest BCUT2D eigenvalue weighted by Gasteiger charge is 2.10. The molecule has 0 aliphatic heterocycles. The topological polar surface area (TPSA) is 42.9 Å². The van der Waals surface area contributed by atoms with Gasteiger partial charge in [-0.05, 0) is 30.1 Å². The molecular formula is C9H8N2OS3. The molecule has 2 aromatic heterocycles. The number of aromatic nitrogens is 2. The summed E-state index contributed by atoms with van der Waals surface area (Å²) in [4.78, 5) is 12.7. The molecule has 0 saturated carbocycles. The molecule has 6 heteroatoms. The Bertz CT molecular complexity index is 450. The number of hydrogen-bond acceptors (Lipinski definition) is 6. The zero-order valence-corrected chi connectivity index (χ0v) is 10.4. The van der Waals surface area contributed by atoms with Gasteiger partial charge in [-0.1, -0.05) is 17.4 Å². The molecule has 0 aliphatic carbocycles. The smallest absolute Gasteiger partial charge is 0.201 e. The van der Waals surface area contributed by atoms with Crippen LogP contribution in [0.3, 0.4) is 0 Å². The van der Waals surface area contributed by atoms with E-state index < -0.39 is 0 Å². The van der Waals surface area contributed by atoms with Gasteiger partial charge in [-0.25, -0.2) is 0 Å². The molecule has 0 fully saturated rings. The Morgan fingerprint density at radius 3 is 3.00 bits per heavy atom. The van der Waals surface area contributed by atoms with Crippen molar-refractivity contribution in [3.05, 3.63) is 27.4 Å². The third-order valence-corrected chi connectivity index (χ3v) is 4.25. The zero-order valence-electron chi connectivity index (χ0n) is 7.97. The van der Waals surface area contributed by atoms with Crippen LogP contribution in [0.15, 0.2) is 21.9 Å². The summed E-state index contributed by atoms with van der Waals surface area (Å²) in [7, 11) is 0. The number of rotatable bonds is 3. The SMILES string of the molecule is Cc1nnc(SC(=O)Cc2cccs2)s1. The molecule has 0 unspecified atom stereocenters. The largest absolute Gasteiger partial charge is 0.286 e. The number of carbonyl (C=O) groups excluding carboxylic acids is 1. The maximum Gasteiger partial charge on any atom is 0.201 e. The van der Waals surface area contributed by atoms with Crippen LogP contribution in [0.4, 0.5) is 0 Å². The van der Waals surface area contributed by atoms with Gasteiger partial charge in [0.05, 0.1) is 6.42 Å². The molecule has 3 nitrogen and oxygen atoms in total. The quantitative estimate of drug-likeness (QED) is 0.792. The number of aryl methyl sites for hydroxylation is 1. The van der Waals surface area contributed by atoms with Gasteiger partial charge in [0.15, 0.2) is 4.34 Å². The minimum atomic E-state index is 0.119. The first-order chi connectivity index (χ1) is 7.24. The fourth-order valence-electron chi connectivity index (χ4n) is 1.01. The van der Waals surface area contributed by atoms with Crippen LogP contribution in [-0.4, -0.2) is 15.3 Å². The summed E-state index contributed by atoms with van der Waals surface area (Å²) >= 11 is 4.23. The summed E-state index contributed by atoms with van der Waals surface area (Å²) in [6.45, 7) is 1.88. The van der Waals surface area contributed by atoms with Crippen molar-refractivity contribution in [2.75, 3.05) is 0 Å². The fourth-order valence-corrected chi connectivity index (χ4v) is 3.53. The molecule has 0 saturated heterocycles. The predicted molar refractivity (Wildman–Crippen MR) is 63.5 cm³/mol. The Hall–Kier alpha value is -0.720. The second-order valence-corrected chi connectivity index (χ2v) is 6.34.